The summed E-state index contributed by atoms with van der Waals surface area (Å²) in [7, 11) is 0. The molecule has 1 aromatic rings. The molecule has 2 rings (SSSR count). The number of rotatable bonds is 4. The van der Waals surface area contributed by atoms with E-state index in [1.807, 2.05) is 0 Å². The number of hydrogen-bond donors (Lipinski definition) is 1. The predicted molar refractivity (Wildman–Crippen MR) is 57.7 cm³/mol. The highest BCUT2D eigenvalue weighted by molar-refractivity contribution is 7.94. The van der Waals surface area contributed by atoms with Crippen molar-refractivity contribution >= 4 is 29.9 Å². The molecule has 0 saturated carbocycles. The number of carbonyl (C=O) groups is 1. The first-order valence-corrected chi connectivity index (χ1v) is 5.15. The molecule has 6 nitrogen and oxygen atoms in total. The number of carbonyl (C=O) groups excluding carboxylic acids is 1. The fourth-order valence-electron chi connectivity index (χ4n) is 1.26. The SMILES string of the molecule is O=C1CC=NN1c1ccc(SOOO)cc1. The van der Waals surface area contributed by atoms with E-state index >= 15 is 0 Å². The first-order chi connectivity index (χ1) is 7.81. The van der Waals surface area contributed by atoms with Crippen molar-refractivity contribution in [3.05, 3.63) is 24.3 Å². The van der Waals surface area contributed by atoms with Gasteiger partial charge < -0.3 is 0 Å². The van der Waals surface area contributed by atoms with E-state index in [9.17, 15) is 4.79 Å². The summed E-state index contributed by atoms with van der Waals surface area (Å²) in [6.07, 6.45) is 1.89. The van der Waals surface area contributed by atoms with Crippen LogP contribution < -0.4 is 5.01 Å². The third-order valence-corrected chi connectivity index (χ3v) is 2.53. The van der Waals surface area contributed by atoms with Crippen LogP contribution in [-0.4, -0.2) is 17.4 Å². The maximum atomic E-state index is 11.3. The van der Waals surface area contributed by atoms with Crippen molar-refractivity contribution in [1.82, 2.24) is 0 Å². The normalized spacial score (nSPS) is 14.8. The molecule has 0 radical (unpaired) electrons. The molecule has 1 N–H and O–H groups in total. The number of benzene rings is 1. The van der Waals surface area contributed by atoms with Crippen molar-refractivity contribution in [3.8, 4) is 0 Å². The molecule has 1 heterocycles. The van der Waals surface area contributed by atoms with E-state index in [1.165, 1.54) is 5.01 Å². The molecule has 84 valence electrons. The van der Waals surface area contributed by atoms with Crippen molar-refractivity contribution in [1.29, 1.82) is 0 Å². The Morgan fingerprint density at radius 2 is 2.12 bits per heavy atom. The zero-order chi connectivity index (χ0) is 11.4. The van der Waals surface area contributed by atoms with Gasteiger partial charge >= 0.3 is 0 Å². The summed E-state index contributed by atoms with van der Waals surface area (Å²) >= 11 is 0.858. The number of hydrazone groups is 1. The minimum atomic E-state index is -0.0599. The lowest BCUT2D eigenvalue weighted by Crippen LogP contribution is -2.19. The highest BCUT2D eigenvalue weighted by Gasteiger charge is 2.18. The quantitative estimate of drug-likeness (QED) is 0.494. The van der Waals surface area contributed by atoms with E-state index in [0.29, 0.717) is 12.1 Å². The summed E-state index contributed by atoms with van der Waals surface area (Å²) in [6, 6.07) is 6.90. The second-order valence-electron chi connectivity index (χ2n) is 2.93. The largest absolute Gasteiger partial charge is 0.272 e. The fraction of sp³-hybridized carbons (Fsp3) is 0.111. The second kappa shape index (κ2) is 5.08. The maximum Gasteiger partial charge on any atom is 0.252 e. The van der Waals surface area contributed by atoms with Crippen molar-refractivity contribution < 1.29 is 19.4 Å². The van der Waals surface area contributed by atoms with Gasteiger partial charge in [0, 0.05) is 11.1 Å². The topological polar surface area (TPSA) is 71.4 Å². The van der Waals surface area contributed by atoms with Crippen molar-refractivity contribution in [2.75, 3.05) is 5.01 Å². The average molecular weight is 240 g/mol. The van der Waals surface area contributed by atoms with Gasteiger partial charge in [-0.2, -0.15) is 5.10 Å². The molecular formula is C9H8N2O4S. The Labute approximate surface area is 95.5 Å². The Morgan fingerprint density at radius 1 is 1.38 bits per heavy atom. The summed E-state index contributed by atoms with van der Waals surface area (Å²) in [4.78, 5) is 12.1. The number of anilines is 1. The monoisotopic (exact) mass is 240 g/mol. The Kier molecular flexibility index (Phi) is 3.52. The zero-order valence-corrected chi connectivity index (χ0v) is 8.88. The number of hydrogen-bond acceptors (Lipinski definition) is 6. The molecule has 16 heavy (non-hydrogen) atoms. The van der Waals surface area contributed by atoms with Gasteiger partial charge in [-0.15, -0.1) is 4.33 Å². The molecule has 0 unspecified atom stereocenters. The third-order valence-electron chi connectivity index (χ3n) is 1.94. The van der Waals surface area contributed by atoms with Gasteiger partial charge in [-0.25, -0.2) is 10.3 Å². The standard InChI is InChI=1S/C9H8N2O4S/c12-9-5-6-10-11(9)7-1-3-8(4-2-7)16-15-14-13/h1-4,6,13H,5H2. The van der Waals surface area contributed by atoms with Gasteiger partial charge in [-0.05, 0) is 24.3 Å². The second-order valence-corrected chi connectivity index (χ2v) is 3.70. The van der Waals surface area contributed by atoms with Gasteiger partial charge in [0.1, 0.15) is 0 Å². The van der Waals surface area contributed by atoms with Gasteiger partial charge in [0.15, 0.2) is 0 Å². The molecule has 7 heteroatoms. The Morgan fingerprint density at radius 3 is 2.69 bits per heavy atom. The molecule has 0 aromatic heterocycles. The maximum absolute atomic E-state index is 11.3. The molecule has 0 atom stereocenters. The van der Waals surface area contributed by atoms with Gasteiger partial charge in [0.05, 0.1) is 24.2 Å². The van der Waals surface area contributed by atoms with Crippen LogP contribution in [0.2, 0.25) is 0 Å². The van der Waals surface area contributed by atoms with Crippen LogP contribution in [0.15, 0.2) is 34.3 Å². The van der Waals surface area contributed by atoms with Crippen molar-refractivity contribution in [2.24, 2.45) is 5.10 Å². The highest BCUT2D eigenvalue weighted by atomic mass is 32.2. The molecule has 0 saturated heterocycles. The van der Waals surface area contributed by atoms with Crippen LogP contribution in [-0.2, 0) is 14.2 Å². The number of nitrogens with zero attached hydrogens (tertiary/aromatic N) is 2. The lowest BCUT2D eigenvalue weighted by atomic mass is 10.3. The molecule has 0 spiro atoms. The van der Waals surface area contributed by atoms with Crippen LogP contribution >= 0.6 is 12.0 Å². The molecular weight excluding hydrogens is 232 g/mol. The molecule has 1 aliphatic rings. The lowest BCUT2D eigenvalue weighted by Gasteiger charge is -2.11. The minimum absolute atomic E-state index is 0.0599. The average Bonchev–Trinajstić information content (AvgIpc) is 2.74. The highest BCUT2D eigenvalue weighted by Crippen LogP contribution is 2.24. The summed E-state index contributed by atoms with van der Waals surface area (Å²) in [5.41, 5.74) is 0.688. The minimum Gasteiger partial charge on any atom is -0.272 e. The molecule has 0 bridgehead atoms. The van der Waals surface area contributed by atoms with Crippen LogP contribution in [0.4, 0.5) is 5.69 Å². The first kappa shape index (κ1) is 11.1. The Balaban J connectivity index is 2.07. The van der Waals surface area contributed by atoms with E-state index < -0.39 is 0 Å². The fourth-order valence-corrected chi connectivity index (χ4v) is 1.62. The molecule has 0 fully saturated rings. The number of amides is 1. The van der Waals surface area contributed by atoms with Crippen LogP contribution in [0.5, 0.6) is 0 Å². The zero-order valence-electron chi connectivity index (χ0n) is 8.07. The van der Waals surface area contributed by atoms with Gasteiger partial charge in [0.2, 0.25) is 0 Å². The summed E-state index contributed by atoms with van der Waals surface area (Å²) in [5, 5.41) is 16.7. The lowest BCUT2D eigenvalue weighted by molar-refractivity contribution is -0.432. The van der Waals surface area contributed by atoms with Gasteiger partial charge in [-0.1, -0.05) is 5.04 Å². The summed E-state index contributed by atoms with van der Waals surface area (Å²) in [5.74, 6) is -0.0599. The van der Waals surface area contributed by atoms with Crippen LogP contribution in [0, 0.1) is 0 Å². The summed E-state index contributed by atoms with van der Waals surface area (Å²) < 4.78 is 4.27. The van der Waals surface area contributed by atoms with E-state index in [0.717, 1.165) is 16.9 Å². The smallest absolute Gasteiger partial charge is 0.252 e. The van der Waals surface area contributed by atoms with E-state index in [1.54, 1.807) is 30.5 Å². The first-order valence-electron chi connectivity index (χ1n) is 4.41. The molecule has 0 aliphatic carbocycles. The van der Waals surface area contributed by atoms with Crippen LogP contribution in [0.25, 0.3) is 0 Å². The van der Waals surface area contributed by atoms with Crippen LogP contribution in [0.3, 0.4) is 0 Å². The molecule has 1 aromatic carbocycles. The van der Waals surface area contributed by atoms with Crippen molar-refractivity contribution in [2.45, 2.75) is 11.3 Å². The predicted octanol–water partition coefficient (Wildman–Crippen LogP) is 1.84. The van der Waals surface area contributed by atoms with E-state index in [-0.39, 0.29) is 5.91 Å². The van der Waals surface area contributed by atoms with E-state index in [2.05, 4.69) is 14.5 Å². The van der Waals surface area contributed by atoms with Crippen molar-refractivity contribution in [3.63, 3.8) is 0 Å². The van der Waals surface area contributed by atoms with Gasteiger partial charge in [-0.3, -0.25) is 4.79 Å². The third kappa shape index (κ3) is 2.39. The Bertz CT molecular complexity index is 406. The summed E-state index contributed by atoms with van der Waals surface area (Å²) in [6.45, 7) is 0. The molecule has 1 aliphatic heterocycles. The van der Waals surface area contributed by atoms with E-state index in [4.69, 9.17) is 5.26 Å². The molecule has 1 amide bonds. The van der Waals surface area contributed by atoms with Gasteiger partial charge in [0.25, 0.3) is 5.91 Å². The Hall–Kier alpha value is -1.41. The van der Waals surface area contributed by atoms with Crippen LogP contribution in [0.1, 0.15) is 6.42 Å².